The summed E-state index contributed by atoms with van der Waals surface area (Å²) in [5, 5.41) is 6.70. The second-order valence-corrected chi connectivity index (χ2v) is 13.0. The molecule has 39 heavy (non-hydrogen) atoms. The van der Waals surface area contributed by atoms with Crippen molar-refractivity contribution in [3.63, 3.8) is 0 Å². The van der Waals surface area contributed by atoms with Crippen LogP contribution in [0.15, 0.2) is 65.8 Å². The molecule has 2 heterocycles. The zero-order chi connectivity index (χ0) is 27.9. The molecule has 5 nitrogen and oxygen atoms in total. The number of hydrazone groups is 1. The number of fused-ring (bicyclic) bond motifs is 2. The molecule has 0 saturated carbocycles. The number of esters is 1. The molecule has 0 aliphatic rings. The van der Waals surface area contributed by atoms with Crippen molar-refractivity contribution < 1.29 is 14.3 Å². The Bertz CT molecular complexity index is 1770. The molecule has 198 valence electrons. The largest absolute Gasteiger partial charge is 0.422 e. The van der Waals surface area contributed by atoms with E-state index in [-0.39, 0.29) is 21.2 Å². The van der Waals surface area contributed by atoms with E-state index in [0.717, 1.165) is 14.8 Å². The Balaban J connectivity index is 1.24. The third kappa shape index (κ3) is 5.69. The number of nitrogens with zero attached hydrogens (tertiary/aromatic N) is 1. The number of hydrogen-bond donors (Lipinski definition) is 1. The van der Waals surface area contributed by atoms with Gasteiger partial charge in [0.25, 0.3) is 5.91 Å². The zero-order valence-electron chi connectivity index (χ0n) is 21.0. The molecule has 2 aromatic heterocycles. The molecule has 10 heteroatoms. The summed E-state index contributed by atoms with van der Waals surface area (Å²) in [6.45, 7) is 6.42. The van der Waals surface area contributed by atoms with E-state index in [1.54, 1.807) is 36.4 Å². The number of hydrogen-bond acceptors (Lipinski definition) is 6. The van der Waals surface area contributed by atoms with E-state index < -0.39 is 5.97 Å². The van der Waals surface area contributed by atoms with Gasteiger partial charge in [-0.3, -0.25) is 4.79 Å². The van der Waals surface area contributed by atoms with Crippen molar-refractivity contribution in [2.24, 2.45) is 5.10 Å². The van der Waals surface area contributed by atoms with Crippen LogP contribution < -0.4 is 10.2 Å². The monoisotopic (exact) mass is 614 g/mol. The maximum atomic E-state index is 12.8. The maximum absolute atomic E-state index is 12.8. The van der Waals surface area contributed by atoms with E-state index in [1.165, 1.54) is 34.5 Å². The van der Waals surface area contributed by atoms with E-state index >= 15 is 0 Å². The summed E-state index contributed by atoms with van der Waals surface area (Å²) >= 11 is 21.7. The molecule has 0 aliphatic carbocycles. The normalized spacial score (nSPS) is 11.9. The molecule has 0 radical (unpaired) electrons. The summed E-state index contributed by atoms with van der Waals surface area (Å²) in [6, 6.07) is 18.1. The Morgan fingerprint density at radius 2 is 1.62 bits per heavy atom. The van der Waals surface area contributed by atoms with E-state index in [9.17, 15) is 9.59 Å². The summed E-state index contributed by atoms with van der Waals surface area (Å²) in [7, 11) is 0. The van der Waals surface area contributed by atoms with Gasteiger partial charge in [0.2, 0.25) is 0 Å². The molecule has 3 aromatic carbocycles. The number of rotatable bonds is 5. The molecule has 0 atom stereocenters. The van der Waals surface area contributed by atoms with Gasteiger partial charge in [-0.15, -0.1) is 22.7 Å². The summed E-state index contributed by atoms with van der Waals surface area (Å²) < 4.78 is 7.25. The molecule has 5 rings (SSSR count). The molecule has 1 amide bonds. The number of halogens is 3. The number of amides is 1. The van der Waals surface area contributed by atoms with E-state index in [1.807, 2.05) is 18.2 Å². The van der Waals surface area contributed by atoms with Crippen LogP contribution in [0.25, 0.3) is 20.2 Å². The van der Waals surface area contributed by atoms with Gasteiger partial charge in [-0.25, -0.2) is 10.2 Å². The van der Waals surface area contributed by atoms with Crippen molar-refractivity contribution in [3.8, 4) is 5.75 Å². The second-order valence-electron chi connectivity index (χ2n) is 9.72. The predicted molar refractivity (Wildman–Crippen MR) is 164 cm³/mol. The van der Waals surface area contributed by atoms with Gasteiger partial charge in [-0.1, -0.05) is 73.8 Å². The van der Waals surface area contributed by atoms with Crippen LogP contribution in [0.2, 0.25) is 15.1 Å². The van der Waals surface area contributed by atoms with Crippen LogP contribution in [0.1, 0.15) is 51.2 Å². The van der Waals surface area contributed by atoms with E-state index in [4.69, 9.17) is 39.5 Å². The Labute approximate surface area is 248 Å². The fourth-order valence-corrected chi connectivity index (χ4v) is 7.14. The van der Waals surface area contributed by atoms with Gasteiger partial charge in [0.15, 0.2) is 0 Å². The van der Waals surface area contributed by atoms with Crippen LogP contribution in [-0.4, -0.2) is 18.1 Å². The molecule has 0 aliphatic heterocycles. The van der Waals surface area contributed by atoms with Crippen molar-refractivity contribution in [2.75, 3.05) is 0 Å². The Morgan fingerprint density at radius 3 is 2.31 bits per heavy atom. The first-order chi connectivity index (χ1) is 18.5. The van der Waals surface area contributed by atoms with Gasteiger partial charge in [0.05, 0.1) is 21.3 Å². The summed E-state index contributed by atoms with van der Waals surface area (Å²) in [5.41, 5.74) is 4.39. The van der Waals surface area contributed by atoms with Crippen molar-refractivity contribution >= 4 is 95.7 Å². The second kappa shape index (κ2) is 10.9. The maximum Gasteiger partial charge on any atom is 0.355 e. The van der Waals surface area contributed by atoms with Crippen molar-refractivity contribution in [1.29, 1.82) is 0 Å². The first-order valence-electron chi connectivity index (χ1n) is 11.8. The number of benzene rings is 3. The molecule has 0 spiro atoms. The van der Waals surface area contributed by atoms with Crippen molar-refractivity contribution in [2.45, 2.75) is 26.2 Å². The van der Waals surface area contributed by atoms with Gasteiger partial charge in [-0.2, -0.15) is 5.10 Å². The summed E-state index contributed by atoms with van der Waals surface area (Å²) in [6.07, 6.45) is 1.49. The van der Waals surface area contributed by atoms with Crippen molar-refractivity contribution in [3.05, 3.63) is 96.6 Å². The van der Waals surface area contributed by atoms with Crippen LogP contribution in [0, 0.1) is 0 Å². The molecule has 0 unspecified atom stereocenters. The number of carbonyl (C=O) groups is 2. The zero-order valence-corrected chi connectivity index (χ0v) is 24.9. The van der Waals surface area contributed by atoms with Gasteiger partial charge >= 0.3 is 5.97 Å². The van der Waals surface area contributed by atoms with Gasteiger partial charge < -0.3 is 4.74 Å². The van der Waals surface area contributed by atoms with E-state index in [0.29, 0.717) is 31.6 Å². The number of nitrogens with one attached hydrogen (secondary N) is 1. The average Bonchev–Trinajstić information content (AvgIpc) is 3.42. The lowest BCUT2D eigenvalue weighted by Gasteiger charge is -2.18. The minimum Gasteiger partial charge on any atom is -0.422 e. The van der Waals surface area contributed by atoms with Crippen LogP contribution in [-0.2, 0) is 5.41 Å². The highest BCUT2D eigenvalue weighted by Crippen LogP contribution is 2.40. The number of carbonyl (C=O) groups excluding carboxylic acids is 2. The first kappa shape index (κ1) is 27.6. The minimum atomic E-state index is -0.569. The highest BCUT2D eigenvalue weighted by molar-refractivity contribution is 7.22. The van der Waals surface area contributed by atoms with Crippen molar-refractivity contribution in [1.82, 2.24) is 5.43 Å². The lowest BCUT2D eigenvalue weighted by Crippen LogP contribution is -2.16. The molecule has 5 aromatic rings. The number of ether oxygens (including phenoxy) is 1. The Hall–Kier alpha value is -2.94. The predicted octanol–water partition coefficient (Wildman–Crippen LogP) is 9.36. The summed E-state index contributed by atoms with van der Waals surface area (Å²) in [5.74, 6) is -0.617. The SMILES string of the molecule is CC(C)(C)c1ccc2c(Cl)c(C(=O)N/N=C/c3ccc(OC(=O)c4sc5cccc(Cl)c5c4Cl)cc3)sc2c1. The fraction of sp³-hybridized carbons (Fsp3) is 0.138. The van der Waals surface area contributed by atoms with Crippen LogP contribution >= 0.6 is 57.5 Å². The molecular weight excluding hydrogens is 595 g/mol. The highest BCUT2D eigenvalue weighted by Gasteiger charge is 2.21. The van der Waals surface area contributed by atoms with Gasteiger partial charge in [0.1, 0.15) is 15.5 Å². The lowest BCUT2D eigenvalue weighted by atomic mass is 9.87. The fourth-order valence-electron chi connectivity index (χ4n) is 3.87. The van der Waals surface area contributed by atoms with Gasteiger partial charge in [0, 0.05) is 20.2 Å². The number of thiophene rings is 2. The van der Waals surface area contributed by atoms with Crippen LogP contribution in [0.3, 0.4) is 0 Å². The summed E-state index contributed by atoms with van der Waals surface area (Å²) in [4.78, 5) is 26.2. The average molecular weight is 616 g/mol. The standard InChI is InChI=1S/C29H21Cl3N2O3S2/c1-29(2,3)16-9-12-18-21(13-16)39-25(23(18)31)27(35)34-33-14-15-7-10-17(11-8-15)37-28(36)26-24(32)22-19(30)5-4-6-20(22)38-26/h4-14H,1-3H3,(H,34,35)/b33-14+. The Kier molecular flexibility index (Phi) is 7.73. The molecule has 0 saturated heterocycles. The van der Waals surface area contributed by atoms with Gasteiger partial charge in [-0.05, 0) is 59.0 Å². The third-order valence-corrected chi connectivity index (χ3v) is 9.56. The molecule has 0 fully saturated rings. The Morgan fingerprint density at radius 1 is 0.897 bits per heavy atom. The molecular formula is C29H21Cl3N2O3S2. The highest BCUT2D eigenvalue weighted by atomic mass is 35.5. The third-order valence-electron chi connectivity index (χ3n) is 5.96. The minimum absolute atomic E-state index is 0.00872. The quantitative estimate of drug-likeness (QED) is 0.0927. The van der Waals surface area contributed by atoms with Crippen LogP contribution in [0.5, 0.6) is 5.75 Å². The smallest absolute Gasteiger partial charge is 0.355 e. The molecule has 0 bridgehead atoms. The lowest BCUT2D eigenvalue weighted by molar-refractivity contribution is 0.0739. The van der Waals surface area contributed by atoms with E-state index in [2.05, 4.69) is 37.4 Å². The molecule has 1 N–H and O–H groups in total. The first-order valence-corrected chi connectivity index (χ1v) is 14.5. The topological polar surface area (TPSA) is 67.8 Å². The van der Waals surface area contributed by atoms with Crippen LogP contribution in [0.4, 0.5) is 0 Å².